The summed E-state index contributed by atoms with van der Waals surface area (Å²) in [7, 11) is 3.37. The average molecular weight is 1110 g/mol. The number of ether oxygens (including phenoxy) is 3. The van der Waals surface area contributed by atoms with Gasteiger partial charge in [0.2, 0.25) is 0 Å². The molecule has 2 atom stereocenters. The predicted octanol–water partition coefficient (Wildman–Crippen LogP) is 84.2. The first-order valence-corrected chi connectivity index (χ1v) is 12.8. The highest BCUT2D eigenvalue weighted by Gasteiger charge is 2.18. The van der Waals surface area contributed by atoms with Gasteiger partial charge in [0.15, 0.2) is 0 Å². The van der Waals surface area contributed by atoms with Crippen molar-refractivity contribution >= 4 is 0 Å². The quantitative estimate of drug-likeness (QED) is 0.146. The van der Waals surface area contributed by atoms with E-state index in [1.54, 1.807) is 21.1 Å². The Bertz CT molecular complexity index is 955. The number of aliphatic hydroxyl groups is 1. The molecule has 0 fully saturated rings. The largest absolute Gasteiger partial charge is 0.496 e. The van der Waals surface area contributed by atoms with Crippen LogP contribution in [0.4, 0.5) is 0 Å². The number of aliphatic hydroxyl groups excluding tert-OH is 1. The molecule has 0 aliphatic rings. The molecule has 2 rings (SSSR count). The molecule has 0 spiro atoms. The minimum Gasteiger partial charge on any atom is -0.496 e. The highest BCUT2D eigenvalue weighted by atomic mass is 16.5. The van der Waals surface area contributed by atoms with Crippen LogP contribution in [0.3, 0.4) is 0 Å². The minimum atomic E-state index is -0.586. The summed E-state index contributed by atoms with van der Waals surface area (Å²) in [5.74, 6) is 0.748. The van der Waals surface area contributed by atoms with E-state index in [2.05, 4.69) is 41.7 Å². The lowest BCUT2D eigenvalue weighted by Gasteiger charge is -2.21. The highest BCUT2D eigenvalue weighted by molar-refractivity contribution is 5.45. The molecule has 2 unspecified atom stereocenters. The summed E-state index contributed by atoms with van der Waals surface area (Å²) in [6.07, 6.45) is 7.50. The highest BCUT2D eigenvalue weighted by Crippen LogP contribution is 2.32. The zero-order valence-corrected chi connectivity index (χ0v) is 21.6. The van der Waals surface area contributed by atoms with Crippen LogP contribution in [0.2, 0.25) is 0 Å². The molecule has 0 saturated carbocycles. The van der Waals surface area contributed by atoms with E-state index in [1.165, 1.54) is 24.8 Å². The minimum absolute atomic E-state index is 0. The van der Waals surface area contributed by atoms with Gasteiger partial charge >= 0.3 is 0 Å². The molecule has 34 heavy (non-hydrogen) atoms. The van der Waals surface area contributed by atoms with E-state index in [0.717, 1.165) is 74.4 Å². The Morgan fingerprint density at radius 2 is 1.65 bits per heavy atom. The van der Waals surface area contributed by atoms with Gasteiger partial charge in [-0.25, -0.2) is 0 Å². The molecule has 0 aliphatic carbocycles. The smallest absolute Gasteiger partial charge is 0.127 e. The molecule has 0 aromatic heterocycles. The van der Waals surface area contributed by atoms with Crippen molar-refractivity contribution in [3.63, 3.8) is 0 Å². The van der Waals surface area contributed by atoms with Crippen molar-refractivity contribution in [2.24, 2.45) is 0 Å². The van der Waals surface area contributed by atoms with Crippen molar-refractivity contribution in [1.82, 2.24) is 5.32 Å². The predicted molar refractivity (Wildman–Crippen MR) is 812 cm³/mol. The van der Waals surface area contributed by atoms with Crippen molar-refractivity contribution in [3.05, 3.63) is 64.7 Å². The van der Waals surface area contributed by atoms with Crippen LogP contribution in [0.1, 0.15) is 534 Å². The molecule has 0 aliphatic heterocycles. The summed E-state index contributed by atoms with van der Waals surface area (Å²) < 4.78 is 17.0. The summed E-state index contributed by atoms with van der Waals surface area (Å²) in [5, 5.41) is 13.6. The van der Waals surface area contributed by atoms with Crippen molar-refractivity contribution in [1.29, 1.82) is 0 Å². The van der Waals surface area contributed by atoms with E-state index in [0.29, 0.717) is 0 Å². The Kier molecular flexibility index (Phi) is 13.9. The van der Waals surface area contributed by atoms with E-state index in [4.69, 9.17) is 14.2 Å². The maximum atomic E-state index is 10.1. The Morgan fingerprint density at radius 1 is 0.941 bits per heavy atom. The van der Waals surface area contributed by atoms with Crippen molar-refractivity contribution in [2.75, 3.05) is 40.5 Å². The normalized spacial score (nSPS) is 13.1. The summed E-state index contributed by atoms with van der Waals surface area (Å²) in [6, 6.07) is 14.7. The Morgan fingerprint density at radius 3 is 2.32 bits per heavy atom. The number of aryl methyl sites for hydroxylation is 2. The number of nitrogens with one attached hydrogen (secondary N) is 1. The first-order valence-electron chi connectivity index (χ1n) is 12.8. The van der Waals surface area contributed by atoms with Gasteiger partial charge in [-0.1, -0.05) is 43.2 Å². The summed E-state index contributed by atoms with van der Waals surface area (Å²) in [4.78, 5) is 0. The average Bonchev–Trinajstić information content (AvgIpc) is 2.84. The molecule has 0 amide bonds. The lowest BCUT2D eigenvalue weighted by Crippen LogP contribution is -2.24. The second-order valence-corrected chi connectivity index (χ2v) is 9.03. The number of hydrogen-bond acceptors (Lipinski definition) is 5. The molecule has 0 bridgehead atoms. The summed E-state index contributed by atoms with van der Waals surface area (Å²) in [5.41, 5.74) is 4.29. The van der Waals surface area contributed by atoms with Gasteiger partial charge in [0.1, 0.15) is 5.75 Å². The van der Waals surface area contributed by atoms with E-state index >= 15 is 0 Å². The molecule has 826 valence electrons. The molecule has 2 aromatic carbocycles. The van der Waals surface area contributed by atoms with Crippen LogP contribution in [0.25, 0.3) is 0 Å². The third-order valence-electron chi connectivity index (χ3n) is 6.21. The van der Waals surface area contributed by atoms with Gasteiger partial charge in [-0.3, -0.25) is 0 Å². The topological polar surface area (TPSA) is 60.0 Å². The van der Waals surface area contributed by atoms with Gasteiger partial charge in [-0.2, -0.15) is 0 Å². The lowest BCUT2D eigenvalue weighted by atomic mass is 9.98. The van der Waals surface area contributed by atoms with Gasteiger partial charge in [0.25, 0.3) is 0 Å². The van der Waals surface area contributed by atoms with E-state index in [9.17, 15) is 5.11 Å². The van der Waals surface area contributed by atoms with Crippen molar-refractivity contribution in [3.8, 4) is 5.75 Å². The monoisotopic (exact) mass is 1110 g/mol. The SMILES string of the molecule is COc1c(C)cc(C(CNCCCCCCOCCCCc2ccccc2)OC)cc1C(C)O.[HH].[HH].[HH].[HH].[HH].[HH].[HH].[HH].[HH].[HH].[HH].[HH].[HH].[HH].[HH].[HH].[HH].[HH].[HH].[HH].[HH].[HH].[HH].[HH].[HH].[HH].[HH].[HH].[HH].[HH].[HH].[HH].[HH].[HH].[HH].[HH].[HH].[HH].[HH].[HH].[HH].[HH].[HH].[HH].[HH].[HH].[HH].[HH].[HH].[HH].[HH].[HH].[HH].[HH].[HH].[HH].[HH].[HH].[HH].[HH].[HH].[HH].[HH].[HH].[HH].[HH].[HH].[HH].[HH].[HH].[HH].[HH].[HH].[HH].[HH].[HH].[HH].[HH].[HH].[HH].[HH].[HH].[HH].[HH].[HH].[HH].[HH].[HH].[HH].[HH].[HH].[HH].[HH].[HH].[HH].[HH].[HH].[HH].[HH].[HH].[HH].[HH].[HH].[HH].[HH].[HH].[HH].[HH].[HH].[HH].[HH].[HH].[HH].[HH].[HH].[HH].[HH].[HH].[HH].[HH].[HH].[HH].[HH].[HH].[HH].[HH].[HH].[HH].[HH].[HH].[HH].[HH].[HH].[HH].[HH].[HH].[HH].[HH].[HH].[HH].[HH].[HH].[HH].[HH].[HH].[HH].[HH].[HH].[HH].[HH].[HH].[HH].[HH].[HH].[HH].[HH].[HH].[HH].[HH].[HH].[HH].[HH].[HH].[HH].[HH].[HH].[HH].[HH].[HH].[HH].[HH].[HH].[HH].[HH].[HH].[HH].[HH].[HH].[HH].[HH].[HH].[HH].[HH].[HH].[HH].[HH].[HH].[HH].[HH].[HH].[HH].[HH].[HH].[HH].[HH].[HH].[HH].[HH].[HH].[HH].[HH].[HH].[HH].[HH].[HH].[HH].[HH].[HH].[HH].[HH].[HH].[HH].[HH].[HH].[HH].[HH].[HH].[HH].[HH].[HH].[HH].[HH].[HH].[HH].[HH].[HH].[HH].[HH].[HH].[HH].[HH].[HH].[HH].[HH].[HH].[HH].[HH].[HH].[HH].[HH].[HH].[HH].[HH].[HH].[HH].[HH].[HH].[HH].[HH].[HH].[HH].[HH].[HH].[HH].[HH].[HH].[HH].[HH].[HH].[HH].[HH].[HH].[HH].[HH].[HH].[HH].[HH].[HH].[HH].[HH].[HH].[HH].[HH].[HH].[HH].[HH].[HH].[HH].[HH].[HH].[HH].[HH].[HH].[HH].[HH].[HH].[HH].[HH].[HH].[HH].[HH].[HH].[HH].[HH].[HH].[HH].[HH].[HH].[HH].[HH].[HH].[HH].[HH].[HH].[HH].[HH].[HH].[HH].[HH].[HH].[HH].[HH].[HH].[HH].[HH].[HH].[HH].[HH]. The molecule has 0 radical (unpaired) electrons. The lowest BCUT2D eigenvalue weighted by molar-refractivity contribution is 0.102. The zero-order valence-electron chi connectivity index (χ0n) is 21.6. The summed E-state index contributed by atoms with van der Waals surface area (Å²) >= 11 is 0. The van der Waals surface area contributed by atoms with Crippen LogP contribution in [-0.2, 0) is 15.9 Å². The first kappa shape index (κ1) is 28.3. The molecule has 2 N–H and O–H groups in total. The Balaban J connectivity index is -0.000000000122. The zero-order chi connectivity index (χ0) is 24.6. The fourth-order valence-electron chi connectivity index (χ4n) is 4.26. The fraction of sp³-hybridized carbons (Fsp3) is 0.586. The van der Waals surface area contributed by atoms with E-state index in [1.807, 2.05) is 13.0 Å². The fourth-order valence-corrected chi connectivity index (χ4v) is 4.26. The number of benzene rings is 2. The number of rotatable bonds is 18. The van der Waals surface area contributed by atoms with Crippen molar-refractivity contribution < 1.29 is 473 Å². The van der Waals surface area contributed by atoms with Crippen LogP contribution in [0.15, 0.2) is 42.5 Å². The van der Waals surface area contributed by atoms with Gasteiger partial charge in [0.05, 0.1) is 19.3 Å². The van der Waals surface area contributed by atoms with Crippen LogP contribution in [0.5, 0.6) is 5.75 Å². The molecule has 2 aromatic rings. The maximum absolute atomic E-state index is 10.1. The van der Waals surface area contributed by atoms with Gasteiger partial charge < -0.3 is 24.6 Å². The van der Waals surface area contributed by atoms with Crippen LogP contribution in [0, 0.1) is 6.92 Å². The second-order valence-electron chi connectivity index (χ2n) is 9.03. The second kappa shape index (κ2) is 16.7. The standard InChI is InChI=1S/C29H45NO4.318H2/c1-23-20-26(21-27(24(2)31)29(23)33-4)28(32-3)22-30-17-11-5-6-12-18-34-19-13-10-16-25-14-8-7-9-15-25;;;;;;;;;;;;;;;;;;;;;;;;;;;;;;;;;;;;;;;;;;;;;;;;;;;;;;;;;;;;;;;;;;;;;;;;;;;;;;;;;;;;;;;;;;;;;;;;;;;;;;;;;;;;;;;;;;;;;;;;;;;;;;;;;;;;;;;;;;;;;;;;;;;;;;;;;;;;;;;;;;;;;;;;;;;;;;;;;;;;;;;;;;;;;;;;;;;;;;;;;;;;;;;;;;;;;;;;;;;;;;;;;;;;;;;;;;;;;;;;;;;;;;;;;;;;;;;;;;;;;;;;;;;;;;;;;;;;;;;;;;;;;;;;;;;;;;;;;;;;;;;;;;;;;;;;;;;;;;/h7-9,14-15,20-21,24,28,30-31H,5-6,10-13,16-19,22H2,1-4H3;318*1H. The van der Waals surface area contributed by atoms with Crippen molar-refractivity contribution in [2.45, 2.75) is 71.0 Å². The van der Waals surface area contributed by atoms with Crippen LogP contribution in [-0.4, -0.2) is 45.6 Å². The molecule has 5 heteroatoms. The first-order chi connectivity index (χ1) is 16.6. The van der Waals surface area contributed by atoms with E-state index in [-0.39, 0.29) is 460 Å². The van der Waals surface area contributed by atoms with Gasteiger partial charge in [-0.15, -0.1) is 0 Å². The van der Waals surface area contributed by atoms with Crippen LogP contribution >= 0.6 is 0 Å². The maximum Gasteiger partial charge on any atom is 0.127 e. The van der Waals surface area contributed by atoms with Gasteiger partial charge in [-0.05, 0) is 81.3 Å². The van der Waals surface area contributed by atoms with E-state index < -0.39 is 6.10 Å². The third kappa shape index (κ3) is 10.1. The molecular formula is C29H681NO4. The van der Waals surface area contributed by atoms with Gasteiger partial charge in [0, 0.05) is 486 Å². The molecule has 5 nitrogen and oxygen atoms in total. The Labute approximate surface area is 679 Å². The number of unbranched alkanes of at least 4 members (excludes halogenated alkanes) is 4. The summed E-state index contributed by atoms with van der Waals surface area (Å²) in [6.45, 7) is 7.22. The third-order valence-corrected chi connectivity index (χ3v) is 6.21. The van der Waals surface area contributed by atoms with Crippen LogP contribution < -0.4 is 10.1 Å². The Hall–Kier alpha value is -1.92. The number of methoxy groups -OCH3 is 2. The molecular weight excluding hydrogens is 426 g/mol. The number of hydrogen-bond donors (Lipinski definition) is 2. The molecule has 0 heterocycles. The molecule has 0 saturated heterocycles.